The van der Waals surface area contributed by atoms with Crippen LogP contribution in [-0.4, -0.2) is 28.7 Å². The Morgan fingerprint density at radius 2 is 2.09 bits per heavy atom. The van der Waals surface area contributed by atoms with Crippen molar-refractivity contribution in [1.82, 2.24) is 15.5 Å². The van der Waals surface area contributed by atoms with Gasteiger partial charge in [0.2, 0.25) is 0 Å². The van der Waals surface area contributed by atoms with Crippen molar-refractivity contribution in [2.45, 2.75) is 18.9 Å². The molecule has 0 radical (unpaired) electrons. The lowest BCUT2D eigenvalue weighted by Gasteiger charge is -2.10. The Morgan fingerprint density at radius 1 is 1.41 bits per heavy atom. The molecule has 1 aromatic heterocycles. The predicted octanol–water partition coefficient (Wildman–Crippen LogP) is 2.73. The van der Waals surface area contributed by atoms with Crippen molar-refractivity contribution < 1.29 is 4.79 Å². The molecule has 1 aliphatic rings. The van der Waals surface area contributed by atoms with E-state index in [1.54, 1.807) is 6.07 Å². The summed E-state index contributed by atoms with van der Waals surface area (Å²) in [6.07, 6.45) is 2.35. The molecule has 0 saturated heterocycles. The fourth-order valence-corrected chi connectivity index (χ4v) is 2.47. The van der Waals surface area contributed by atoms with Crippen LogP contribution in [0.4, 0.5) is 0 Å². The maximum absolute atomic E-state index is 12.0. The molecule has 22 heavy (non-hydrogen) atoms. The Labute approximate surface area is 143 Å². The Bertz CT molecular complexity index is 639. The molecule has 5 nitrogen and oxygen atoms in total. The molecule has 1 fully saturated rings. The second-order valence-corrected chi connectivity index (χ2v) is 6.30. The summed E-state index contributed by atoms with van der Waals surface area (Å²) in [7, 11) is 0. The van der Waals surface area contributed by atoms with E-state index in [-0.39, 0.29) is 24.4 Å². The van der Waals surface area contributed by atoms with Gasteiger partial charge in [0.05, 0.1) is 5.69 Å². The monoisotopic (exact) mass is 384 g/mol. The maximum atomic E-state index is 12.0. The zero-order valence-electron chi connectivity index (χ0n) is 11.9. The number of aromatic nitrogens is 2. The lowest BCUT2D eigenvalue weighted by atomic mass is 10.1. The molecule has 0 spiro atoms. The van der Waals surface area contributed by atoms with Crippen LogP contribution < -0.4 is 11.1 Å². The summed E-state index contributed by atoms with van der Waals surface area (Å²) < 4.78 is 1.01. The minimum Gasteiger partial charge on any atom is -0.349 e. The van der Waals surface area contributed by atoms with Crippen molar-refractivity contribution in [2.24, 2.45) is 11.7 Å². The van der Waals surface area contributed by atoms with Gasteiger partial charge >= 0.3 is 0 Å². The quantitative estimate of drug-likeness (QED) is 0.740. The third-order valence-electron chi connectivity index (χ3n) is 3.69. The number of aromatic amines is 1. The number of nitrogens with one attached hydrogen (secondary N) is 2. The molecule has 1 amide bonds. The van der Waals surface area contributed by atoms with E-state index in [9.17, 15) is 4.79 Å². The van der Waals surface area contributed by atoms with Gasteiger partial charge in [0.15, 0.2) is 0 Å². The van der Waals surface area contributed by atoms with Crippen molar-refractivity contribution in [3.05, 3.63) is 40.5 Å². The molecule has 1 atom stereocenters. The van der Waals surface area contributed by atoms with E-state index in [0.717, 1.165) is 15.7 Å². The number of nitrogens with two attached hydrogens (primary N) is 1. The average Bonchev–Trinajstić information content (AvgIpc) is 3.23. The summed E-state index contributed by atoms with van der Waals surface area (Å²) in [6, 6.07) is 9.59. The summed E-state index contributed by atoms with van der Waals surface area (Å²) in [6.45, 7) is 0.510. The number of carbonyl (C=O) groups is 1. The maximum Gasteiger partial charge on any atom is 0.269 e. The first-order valence-corrected chi connectivity index (χ1v) is 7.78. The van der Waals surface area contributed by atoms with E-state index in [0.29, 0.717) is 18.2 Å². The Morgan fingerprint density at radius 3 is 2.73 bits per heavy atom. The molecule has 1 unspecified atom stereocenters. The first kappa shape index (κ1) is 17.0. The Kier molecular flexibility index (Phi) is 5.61. The minimum atomic E-state index is -0.165. The van der Waals surface area contributed by atoms with Gasteiger partial charge in [-0.25, -0.2) is 0 Å². The predicted molar refractivity (Wildman–Crippen MR) is 92.0 cm³/mol. The van der Waals surface area contributed by atoms with Gasteiger partial charge in [-0.1, -0.05) is 28.1 Å². The molecule has 0 aliphatic heterocycles. The van der Waals surface area contributed by atoms with Gasteiger partial charge in [0, 0.05) is 22.6 Å². The summed E-state index contributed by atoms with van der Waals surface area (Å²) in [5.41, 5.74) is 8.14. The van der Waals surface area contributed by atoms with Gasteiger partial charge in [-0.15, -0.1) is 12.4 Å². The number of hydrogen-bond donors (Lipinski definition) is 3. The number of halogens is 2. The van der Waals surface area contributed by atoms with Crippen LogP contribution in [0.1, 0.15) is 23.3 Å². The molecule has 3 rings (SSSR count). The highest BCUT2D eigenvalue weighted by Gasteiger charge is 2.28. The first-order chi connectivity index (χ1) is 10.1. The average molecular weight is 386 g/mol. The summed E-state index contributed by atoms with van der Waals surface area (Å²) in [5.74, 6) is 0.410. The number of amides is 1. The van der Waals surface area contributed by atoms with E-state index in [4.69, 9.17) is 5.73 Å². The van der Waals surface area contributed by atoms with Gasteiger partial charge < -0.3 is 11.1 Å². The minimum absolute atomic E-state index is 0. The van der Waals surface area contributed by atoms with E-state index in [1.165, 1.54) is 12.8 Å². The smallest absolute Gasteiger partial charge is 0.269 e. The number of carbonyl (C=O) groups excluding carboxylic acids is 1. The largest absolute Gasteiger partial charge is 0.349 e. The van der Waals surface area contributed by atoms with Crippen LogP contribution in [0.2, 0.25) is 0 Å². The molecular weight excluding hydrogens is 368 g/mol. The molecule has 1 saturated carbocycles. The van der Waals surface area contributed by atoms with Crippen LogP contribution in [0.3, 0.4) is 0 Å². The fraction of sp³-hybridized carbons (Fsp3) is 0.333. The van der Waals surface area contributed by atoms with Crippen molar-refractivity contribution in [3.63, 3.8) is 0 Å². The van der Waals surface area contributed by atoms with E-state index in [2.05, 4.69) is 31.4 Å². The summed E-state index contributed by atoms with van der Waals surface area (Å²) >= 11 is 3.39. The molecule has 2 aromatic rings. The van der Waals surface area contributed by atoms with Crippen LogP contribution in [-0.2, 0) is 0 Å². The molecule has 7 heteroatoms. The van der Waals surface area contributed by atoms with Crippen molar-refractivity contribution >= 4 is 34.2 Å². The zero-order valence-corrected chi connectivity index (χ0v) is 14.3. The number of H-pyrrole nitrogens is 1. The van der Waals surface area contributed by atoms with Gasteiger partial charge in [-0.2, -0.15) is 5.10 Å². The van der Waals surface area contributed by atoms with Gasteiger partial charge in [0.1, 0.15) is 5.69 Å². The molecule has 1 aliphatic carbocycles. The number of rotatable bonds is 5. The highest BCUT2D eigenvalue weighted by molar-refractivity contribution is 9.10. The van der Waals surface area contributed by atoms with Crippen LogP contribution in [0.25, 0.3) is 11.3 Å². The fourth-order valence-electron chi connectivity index (χ4n) is 2.20. The second kappa shape index (κ2) is 7.26. The van der Waals surface area contributed by atoms with E-state index in [1.807, 2.05) is 24.3 Å². The topological polar surface area (TPSA) is 83.8 Å². The Hall–Kier alpha value is -1.37. The summed E-state index contributed by atoms with van der Waals surface area (Å²) in [5, 5.41) is 9.80. The SMILES string of the molecule is Cl.NC(CNC(=O)c1cc(-c2ccc(Br)cc2)n[nH]1)C1CC1. The van der Waals surface area contributed by atoms with Crippen LogP contribution in [0, 0.1) is 5.92 Å². The highest BCUT2D eigenvalue weighted by Crippen LogP contribution is 2.31. The number of nitrogens with zero attached hydrogens (tertiary/aromatic N) is 1. The van der Waals surface area contributed by atoms with Crippen molar-refractivity contribution in [1.29, 1.82) is 0 Å². The molecular formula is C15H18BrClN4O. The van der Waals surface area contributed by atoms with Crippen LogP contribution in [0.15, 0.2) is 34.8 Å². The van der Waals surface area contributed by atoms with Gasteiger partial charge in [-0.3, -0.25) is 9.89 Å². The number of hydrogen-bond acceptors (Lipinski definition) is 3. The lowest BCUT2D eigenvalue weighted by molar-refractivity contribution is 0.0945. The molecule has 1 heterocycles. The third kappa shape index (κ3) is 4.09. The van der Waals surface area contributed by atoms with Crippen molar-refractivity contribution in [2.75, 3.05) is 6.54 Å². The summed E-state index contributed by atoms with van der Waals surface area (Å²) in [4.78, 5) is 12.0. The molecule has 1 aromatic carbocycles. The molecule has 4 N–H and O–H groups in total. The second-order valence-electron chi connectivity index (χ2n) is 5.39. The third-order valence-corrected chi connectivity index (χ3v) is 4.22. The van der Waals surface area contributed by atoms with Crippen molar-refractivity contribution in [3.8, 4) is 11.3 Å². The van der Waals surface area contributed by atoms with E-state index >= 15 is 0 Å². The standard InChI is InChI=1S/C15H17BrN4O.ClH/c16-11-5-3-10(4-6-11)13-7-14(20-19-13)15(21)18-8-12(17)9-1-2-9;/h3-7,9,12H,1-2,8,17H2,(H,18,21)(H,19,20);1H. The molecule has 0 bridgehead atoms. The first-order valence-electron chi connectivity index (χ1n) is 6.98. The van der Waals surface area contributed by atoms with Crippen LogP contribution in [0.5, 0.6) is 0 Å². The van der Waals surface area contributed by atoms with Gasteiger partial charge in [0.25, 0.3) is 5.91 Å². The normalized spacial score (nSPS) is 15.0. The van der Waals surface area contributed by atoms with Gasteiger partial charge in [-0.05, 0) is 37.0 Å². The number of benzene rings is 1. The Balaban J connectivity index is 0.00000176. The van der Waals surface area contributed by atoms with E-state index < -0.39 is 0 Å². The zero-order chi connectivity index (χ0) is 14.8. The lowest BCUT2D eigenvalue weighted by Crippen LogP contribution is -2.38. The molecule has 118 valence electrons. The van der Waals surface area contributed by atoms with Crippen LogP contribution >= 0.6 is 28.3 Å². The highest BCUT2D eigenvalue weighted by atomic mass is 79.9.